The van der Waals surface area contributed by atoms with Crippen molar-refractivity contribution < 1.29 is 9.26 Å². The molecule has 0 saturated carbocycles. The Morgan fingerprint density at radius 1 is 1.13 bits per heavy atom. The zero-order valence-electron chi connectivity index (χ0n) is 18.1. The van der Waals surface area contributed by atoms with Gasteiger partial charge in [-0.1, -0.05) is 11.2 Å². The highest BCUT2D eigenvalue weighted by Gasteiger charge is 2.21. The van der Waals surface area contributed by atoms with E-state index >= 15 is 0 Å². The number of ether oxygens (including phenoxy) is 1. The molecule has 9 nitrogen and oxygen atoms in total. The molecule has 0 spiro atoms. The molecule has 1 N–H and O–H groups in total. The Kier molecular flexibility index (Phi) is 9.34. The Bertz CT molecular complexity index is 804. The molecule has 4 rings (SSSR count). The Hall–Kier alpha value is -1.92. The van der Waals surface area contributed by atoms with Gasteiger partial charge in [0.2, 0.25) is 0 Å². The van der Waals surface area contributed by atoms with E-state index in [4.69, 9.17) is 14.3 Å². The van der Waals surface area contributed by atoms with Crippen LogP contribution in [0, 0.1) is 0 Å². The van der Waals surface area contributed by atoms with E-state index in [1.54, 1.807) is 6.26 Å². The lowest BCUT2D eigenvalue weighted by Crippen LogP contribution is -2.52. The molecule has 0 aromatic carbocycles. The van der Waals surface area contributed by atoms with Crippen LogP contribution in [0.15, 0.2) is 40.2 Å². The van der Waals surface area contributed by atoms with Crippen molar-refractivity contribution in [1.82, 2.24) is 25.3 Å². The normalized spacial score (nSPS) is 18.0. The van der Waals surface area contributed by atoms with Crippen molar-refractivity contribution in [3.05, 3.63) is 41.9 Å². The van der Waals surface area contributed by atoms with Gasteiger partial charge >= 0.3 is 0 Å². The van der Waals surface area contributed by atoms with Crippen molar-refractivity contribution in [2.24, 2.45) is 4.99 Å². The molecule has 2 aromatic rings. The summed E-state index contributed by atoms with van der Waals surface area (Å²) in [6.07, 6.45) is 3.49. The van der Waals surface area contributed by atoms with E-state index in [-0.39, 0.29) is 24.0 Å². The van der Waals surface area contributed by atoms with Gasteiger partial charge in [0, 0.05) is 70.2 Å². The van der Waals surface area contributed by atoms with Gasteiger partial charge in [0.15, 0.2) is 5.96 Å². The van der Waals surface area contributed by atoms with Gasteiger partial charge in [-0.3, -0.25) is 4.90 Å². The Morgan fingerprint density at radius 3 is 2.65 bits per heavy atom. The summed E-state index contributed by atoms with van der Waals surface area (Å²) in [5.41, 5.74) is 2.13. The maximum Gasteiger partial charge on any atom is 0.194 e. The van der Waals surface area contributed by atoms with Gasteiger partial charge in [-0.15, -0.1) is 24.0 Å². The minimum absolute atomic E-state index is 0. The summed E-state index contributed by atoms with van der Waals surface area (Å²) in [7, 11) is 0. The smallest absolute Gasteiger partial charge is 0.194 e. The molecule has 2 aliphatic heterocycles. The first-order valence-electron chi connectivity index (χ1n) is 10.7. The standard InChI is InChI=1S/C21H31N7O2.HI/c1-2-22-21(28-9-7-26(8-10-28)17-19-5-13-30-25-19)24-16-18-4-3-6-23-20(18)27-11-14-29-15-12-27;/h3-6,13H,2,7-12,14-17H2,1H3,(H,22,24);1H. The summed E-state index contributed by atoms with van der Waals surface area (Å²) >= 11 is 0. The van der Waals surface area contributed by atoms with E-state index in [2.05, 4.69) is 43.1 Å². The lowest BCUT2D eigenvalue weighted by Gasteiger charge is -2.36. The van der Waals surface area contributed by atoms with Crippen molar-refractivity contribution in [1.29, 1.82) is 0 Å². The van der Waals surface area contributed by atoms with Gasteiger partial charge in [0.25, 0.3) is 0 Å². The molecule has 4 heterocycles. The number of pyridine rings is 1. The van der Waals surface area contributed by atoms with Crippen LogP contribution in [0.5, 0.6) is 0 Å². The number of piperazine rings is 1. The molecule has 0 amide bonds. The molecule has 2 aromatic heterocycles. The number of anilines is 1. The minimum atomic E-state index is 0. The number of aromatic nitrogens is 2. The third-order valence-corrected chi connectivity index (χ3v) is 5.46. The number of nitrogens with one attached hydrogen (secondary N) is 1. The Labute approximate surface area is 200 Å². The lowest BCUT2D eigenvalue weighted by molar-refractivity contribution is 0.122. The lowest BCUT2D eigenvalue weighted by atomic mass is 10.2. The van der Waals surface area contributed by atoms with Crippen LogP contribution in [-0.4, -0.2) is 84.9 Å². The highest BCUT2D eigenvalue weighted by atomic mass is 127. The third kappa shape index (κ3) is 6.53. The summed E-state index contributed by atoms with van der Waals surface area (Å²) in [5.74, 6) is 1.99. The topological polar surface area (TPSA) is 82.3 Å². The van der Waals surface area contributed by atoms with E-state index in [0.717, 1.165) is 88.6 Å². The first-order valence-corrected chi connectivity index (χ1v) is 10.7. The van der Waals surface area contributed by atoms with Crippen molar-refractivity contribution in [3.63, 3.8) is 0 Å². The summed E-state index contributed by atoms with van der Waals surface area (Å²) in [6, 6.07) is 6.04. The number of hydrogen-bond acceptors (Lipinski definition) is 7. The van der Waals surface area contributed by atoms with Crippen LogP contribution >= 0.6 is 24.0 Å². The van der Waals surface area contributed by atoms with E-state index < -0.39 is 0 Å². The number of aliphatic imine (C=N–C) groups is 1. The number of halogens is 1. The second-order valence-electron chi connectivity index (χ2n) is 7.51. The quantitative estimate of drug-likeness (QED) is 0.337. The monoisotopic (exact) mass is 541 g/mol. The van der Waals surface area contributed by atoms with Crippen molar-refractivity contribution in [2.45, 2.75) is 20.0 Å². The fourth-order valence-electron chi connectivity index (χ4n) is 3.87. The molecule has 0 atom stereocenters. The van der Waals surface area contributed by atoms with Crippen LogP contribution in [0.2, 0.25) is 0 Å². The van der Waals surface area contributed by atoms with Gasteiger partial charge < -0.3 is 24.4 Å². The largest absolute Gasteiger partial charge is 0.378 e. The molecule has 2 aliphatic rings. The molecule has 0 aliphatic carbocycles. The van der Waals surface area contributed by atoms with Crippen molar-refractivity contribution in [3.8, 4) is 0 Å². The molecule has 170 valence electrons. The fraction of sp³-hybridized carbons (Fsp3) is 0.571. The molecule has 31 heavy (non-hydrogen) atoms. The number of guanidine groups is 1. The van der Waals surface area contributed by atoms with Gasteiger partial charge in [0.05, 0.1) is 25.5 Å². The van der Waals surface area contributed by atoms with Gasteiger partial charge in [0.1, 0.15) is 12.1 Å². The average Bonchev–Trinajstić information content (AvgIpc) is 3.31. The van der Waals surface area contributed by atoms with E-state index in [1.807, 2.05) is 18.3 Å². The number of nitrogens with zero attached hydrogens (tertiary/aromatic N) is 6. The maximum absolute atomic E-state index is 5.49. The van der Waals surface area contributed by atoms with E-state index in [1.165, 1.54) is 0 Å². The second-order valence-corrected chi connectivity index (χ2v) is 7.51. The number of hydrogen-bond donors (Lipinski definition) is 1. The molecular weight excluding hydrogens is 509 g/mol. The van der Waals surface area contributed by atoms with Crippen LogP contribution in [0.1, 0.15) is 18.2 Å². The fourth-order valence-corrected chi connectivity index (χ4v) is 3.87. The second kappa shape index (κ2) is 12.2. The first kappa shape index (κ1) is 23.7. The third-order valence-electron chi connectivity index (χ3n) is 5.46. The van der Waals surface area contributed by atoms with Gasteiger partial charge in [-0.25, -0.2) is 9.98 Å². The SMILES string of the molecule is CCNC(=NCc1cccnc1N1CCOCC1)N1CCN(Cc2ccon2)CC1.I. The molecular formula is C21H32IN7O2. The predicted molar refractivity (Wildman–Crippen MR) is 131 cm³/mol. The number of morpholine rings is 1. The summed E-state index contributed by atoms with van der Waals surface area (Å²) < 4.78 is 10.4. The van der Waals surface area contributed by atoms with Crippen LogP contribution < -0.4 is 10.2 Å². The maximum atomic E-state index is 5.49. The predicted octanol–water partition coefficient (Wildman–Crippen LogP) is 1.81. The van der Waals surface area contributed by atoms with Gasteiger partial charge in [-0.2, -0.15) is 0 Å². The Balaban J connectivity index is 0.00000272. The molecule has 0 bridgehead atoms. The highest BCUT2D eigenvalue weighted by Crippen LogP contribution is 2.19. The minimum Gasteiger partial charge on any atom is -0.378 e. The zero-order valence-corrected chi connectivity index (χ0v) is 20.4. The first-order chi connectivity index (χ1) is 14.8. The van der Waals surface area contributed by atoms with Crippen LogP contribution in [-0.2, 0) is 17.8 Å². The molecule has 10 heteroatoms. The van der Waals surface area contributed by atoms with Gasteiger partial charge in [-0.05, 0) is 13.0 Å². The molecule has 0 unspecified atom stereocenters. The van der Waals surface area contributed by atoms with Crippen molar-refractivity contribution >= 4 is 35.8 Å². The summed E-state index contributed by atoms with van der Waals surface area (Å²) in [4.78, 5) is 16.6. The zero-order chi connectivity index (χ0) is 20.6. The van der Waals surface area contributed by atoms with E-state index in [9.17, 15) is 0 Å². The Morgan fingerprint density at radius 2 is 1.94 bits per heavy atom. The van der Waals surface area contributed by atoms with E-state index in [0.29, 0.717) is 6.54 Å². The van der Waals surface area contributed by atoms with Crippen LogP contribution in [0.3, 0.4) is 0 Å². The van der Waals surface area contributed by atoms with Crippen LogP contribution in [0.4, 0.5) is 5.82 Å². The summed E-state index contributed by atoms with van der Waals surface area (Å²) in [6.45, 7) is 11.5. The average molecular weight is 541 g/mol. The van der Waals surface area contributed by atoms with Crippen molar-refractivity contribution in [2.75, 3.05) is 63.9 Å². The highest BCUT2D eigenvalue weighted by molar-refractivity contribution is 14.0. The number of rotatable bonds is 6. The van der Waals surface area contributed by atoms with Crippen LogP contribution in [0.25, 0.3) is 0 Å². The molecule has 0 radical (unpaired) electrons. The molecule has 2 saturated heterocycles. The molecule has 2 fully saturated rings. The summed E-state index contributed by atoms with van der Waals surface area (Å²) in [5, 5.41) is 7.48.